The molecule has 32 heavy (non-hydrogen) atoms. The lowest BCUT2D eigenvalue weighted by atomic mass is 9.82. The monoisotopic (exact) mass is 449 g/mol. The van der Waals surface area contributed by atoms with E-state index in [9.17, 15) is 8.42 Å². The van der Waals surface area contributed by atoms with Crippen LogP contribution in [-0.2, 0) is 10.0 Å². The van der Waals surface area contributed by atoms with Crippen LogP contribution in [0.2, 0.25) is 0 Å². The summed E-state index contributed by atoms with van der Waals surface area (Å²) in [6, 6.07) is 9.23. The van der Waals surface area contributed by atoms with Gasteiger partial charge in [-0.25, -0.2) is 18.1 Å². The fourth-order valence-corrected chi connectivity index (χ4v) is 7.20. The van der Waals surface area contributed by atoms with Crippen molar-refractivity contribution in [2.24, 2.45) is 11.8 Å². The summed E-state index contributed by atoms with van der Waals surface area (Å²) in [5.74, 6) is 1.83. The van der Waals surface area contributed by atoms with Crippen molar-refractivity contribution in [1.29, 1.82) is 0 Å². The third-order valence-corrected chi connectivity index (χ3v) is 8.92. The molecule has 2 fully saturated rings. The number of ether oxygens (including phenoxy) is 1. The molecule has 2 heterocycles. The molecule has 2 saturated carbocycles. The van der Waals surface area contributed by atoms with Gasteiger partial charge in [0.2, 0.25) is 11.8 Å². The standard InChI is InChI=1S/C25H27N3O3S/c1-14-5-3-6-15(2)24(14)21-13-23-27-25(26-21)28-32(29,30)18-8-4-7-17(12-18)19-9-16-10-20(19)22(11-16)31-23/h4-5,7-8,12-13,16,19-20,22H,3,6,9-11H2,1-2H3,(H,26,27,28). The predicted octanol–water partition coefficient (Wildman–Crippen LogP) is 5.07. The van der Waals surface area contributed by atoms with Crippen molar-refractivity contribution >= 4 is 21.5 Å². The quantitative estimate of drug-likeness (QED) is 0.658. The molecule has 0 radical (unpaired) electrons. The maximum atomic E-state index is 13.2. The van der Waals surface area contributed by atoms with Crippen molar-refractivity contribution in [3.8, 4) is 5.88 Å². The van der Waals surface area contributed by atoms with Crippen molar-refractivity contribution in [3.05, 3.63) is 58.8 Å². The van der Waals surface area contributed by atoms with Gasteiger partial charge in [-0.05, 0) is 81.1 Å². The minimum atomic E-state index is -3.81. The molecule has 1 aliphatic heterocycles. The third kappa shape index (κ3) is 3.25. The van der Waals surface area contributed by atoms with E-state index in [-0.39, 0.29) is 16.9 Å². The lowest BCUT2D eigenvalue weighted by Gasteiger charge is -2.31. The molecule has 4 aliphatic rings. The first-order valence-electron chi connectivity index (χ1n) is 11.4. The number of benzene rings is 1. The molecule has 1 aromatic carbocycles. The van der Waals surface area contributed by atoms with Gasteiger partial charge < -0.3 is 4.74 Å². The number of aromatic nitrogens is 2. The Morgan fingerprint density at radius 3 is 2.78 bits per heavy atom. The molecule has 1 aromatic heterocycles. The van der Waals surface area contributed by atoms with Crippen molar-refractivity contribution in [1.82, 2.24) is 9.97 Å². The first kappa shape index (κ1) is 20.0. The zero-order valence-corrected chi connectivity index (χ0v) is 19.2. The molecule has 0 amide bonds. The fourth-order valence-electron chi connectivity index (χ4n) is 6.20. The van der Waals surface area contributed by atoms with Crippen LogP contribution < -0.4 is 9.46 Å². The molecule has 0 saturated heterocycles. The van der Waals surface area contributed by atoms with E-state index in [0.717, 1.165) is 48.8 Å². The van der Waals surface area contributed by atoms with E-state index in [0.29, 0.717) is 29.3 Å². The van der Waals surface area contributed by atoms with Gasteiger partial charge in [0.15, 0.2) is 0 Å². The second-order valence-corrected chi connectivity index (χ2v) is 11.4. The highest BCUT2D eigenvalue weighted by atomic mass is 32.2. The first-order valence-corrected chi connectivity index (χ1v) is 12.9. The van der Waals surface area contributed by atoms with Crippen LogP contribution in [0.3, 0.4) is 0 Å². The van der Waals surface area contributed by atoms with Gasteiger partial charge in [0.05, 0.1) is 10.6 Å². The molecule has 6 bridgehead atoms. The number of nitrogens with one attached hydrogen (secondary N) is 1. The van der Waals surface area contributed by atoms with Gasteiger partial charge in [-0.3, -0.25) is 0 Å². The summed E-state index contributed by atoms with van der Waals surface area (Å²) in [6.07, 6.45) is 7.53. The second-order valence-electron chi connectivity index (χ2n) is 9.67. The minimum absolute atomic E-state index is 0.0573. The van der Waals surface area contributed by atoms with Gasteiger partial charge in [-0.1, -0.05) is 23.8 Å². The number of sulfonamides is 1. The van der Waals surface area contributed by atoms with Gasteiger partial charge in [0, 0.05) is 17.6 Å². The Balaban J connectivity index is 1.52. The number of anilines is 1. The summed E-state index contributed by atoms with van der Waals surface area (Å²) in [5.41, 5.74) is 5.26. The molecular weight excluding hydrogens is 422 g/mol. The zero-order valence-electron chi connectivity index (χ0n) is 18.3. The number of allylic oxidation sites excluding steroid dienone is 4. The maximum absolute atomic E-state index is 13.2. The number of nitrogens with zero attached hydrogens (tertiary/aromatic N) is 2. The van der Waals surface area contributed by atoms with Gasteiger partial charge in [-0.2, -0.15) is 4.98 Å². The van der Waals surface area contributed by atoms with Crippen LogP contribution in [0.1, 0.15) is 63.1 Å². The smallest absolute Gasteiger partial charge is 0.264 e. The molecule has 4 unspecified atom stereocenters. The first-order chi connectivity index (χ1) is 15.4. The summed E-state index contributed by atoms with van der Waals surface area (Å²) < 4.78 is 35.5. The Morgan fingerprint density at radius 1 is 1.09 bits per heavy atom. The number of rotatable bonds is 1. The molecule has 4 atom stereocenters. The largest absolute Gasteiger partial charge is 0.474 e. The van der Waals surface area contributed by atoms with Crippen LogP contribution in [-0.4, -0.2) is 24.5 Å². The highest BCUT2D eigenvalue weighted by molar-refractivity contribution is 7.92. The molecule has 166 valence electrons. The summed E-state index contributed by atoms with van der Waals surface area (Å²) in [4.78, 5) is 9.36. The van der Waals surface area contributed by atoms with Crippen LogP contribution in [0.5, 0.6) is 5.88 Å². The lowest BCUT2D eigenvalue weighted by Crippen LogP contribution is -2.30. The minimum Gasteiger partial charge on any atom is -0.474 e. The molecule has 6 rings (SSSR count). The van der Waals surface area contributed by atoms with Gasteiger partial charge >= 0.3 is 0 Å². The zero-order chi connectivity index (χ0) is 22.0. The van der Waals surface area contributed by atoms with Crippen LogP contribution in [0.15, 0.2) is 52.4 Å². The summed E-state index contributed by atoms with van der Waals surface area (Å²) in [5, 5.41) is 0. The van der Waals surface area contributed by atoms with E-state index in [2.05, 4.69) is 40.7 Å². The van der Waals surface area contributed by atoms with Gasteiger partial charge in [0.1, 0.15) is 6.10 Å². The van der Waals surface area contributed by atoms with E-state index in [4.69, 9.17) is 4.74 Å². The van der Waals surface area contributed by atoms with E-state index in [1.807, 2.05) is 18.2 Å². The SMILES string of the molecule is CC1=CCCC(C)=C1c1cc2nc(n1)NS(=O)(=O)c1cccc(c1)C1CC3CC(O2)C1C3. The van der Waals surface area contributed by atoms with Crippen molar-refractivity contribution in [2.75, 3.05) is 4.72 Å². The number of hydrogen-bond donors (Lipinski definition) is 1. The Kier molecular flexibility index (Phi) is 4.47. The third-order valence-electron chi connectivity index (χ3n) is 7.60. The molecular formula is C25H27N3O3S. The summed E-state index contributed by atoms with van der Waals surface area (Å²) in [7, 11) is -3.81. The van der Waals surface area contributed by atoms with Gasteiger partial charge in [0.25, 0.3) is 10.0 Å². The van der Waals surface area contributed by atoms with E-state index in [1.54, 1.807) is 6.07 Å². The lowest BCUT2D eigenvalue weighted by molar-refractivity contribution is 0.120. The highest BCUT2D eigenvalue weighted by Crippen LogP contribution is 2.54. The Bertz CT molecular complexity index is 1280. The summed E-state index contributed by atoms with van der Waals surface area (Å²) in [6.45, 7) is 4.19. The van der Waals surface area contributed by atoms with Crippen molar-refractivity contribution in [2.45, 2.75) is 62.9 Å². The predicted molar refractivity (Wildman–Crippen MR) is 123 cm³/mol. The maximum Gasteiger partial charge on any atom is 0.264 e. The number of hydrogen-bond acceptors (Lipinski definition) is 5. The molecule has 6 nitrogen and oxygen atoms in total. The van der Waals surface area contributed by atoms with Crippen molar-refractivity contribution in [3.63, 3.8) is 0 Å². The molecule has 1 N–H and O–H groups in total. The topological polar surface area (TPSA) is 81.2 Å². The normalized spacial score (nSPS) is 30.0. The van der Waals surface area contributed by atoms with E-state index < -0.39 is 10.0 Å². The fraction of sp³-hybridized carbons (Fsp3) is 0.440. The summed E-state index contributed by atoms with van der Waals surface area (Å²) >= 11 is 0. The molecule has 7 heteroatoms. The Labute approximate surface area is 188 Å². The van der Waals surface area contributed by atoms with Gasteiger partial charge in [-0.15, -0.1) is 0 Å². The molecule has 2 aromatic rings. The average Bonchev–Trinajstić information content (AvgIpc) is 3.33. The van der Waals surface area contributed by atoms with E-state index >= 15 is 0 Å². The van der Waals surface area contributed by atoms with E-state index in [1.165, 1.54) is 5.57 Å². The average molecular weight is 450 g/mol. The van der Waals surface area contributed by atoms with Crippen LogP contribution in [0, 0.1) is 11.8 Å². The van der Waals surface area contributed by atoms with Crippen LogP contribution in [0.4, 0.5) is 5.95 Å². The Hall–Kier alpha value is -2.67. The molecule has 0 spiro atoms. The van der Waals surface area contributed by atoms with Crippen LogP contribution in [0.25, 0.3) is 5.57 Å². The highest BCUT2D eigenvalue weighted by Gasteiger charge is 2.48. The second kappa shape index (κ2) is 7.17. The van der Waals surface area contributed by atoms with Crippen LogP contribution >= 0.6 is 0 Å². The molecule has 3 aliphatic carbocycles. The van der Waals surface area contributed by atoms with Crippen molar-refractivity contribution < 1.29 is 13.2 Å². The number of fused-ring (bicyclic) bond motifs is 6. The Morgan fingerprint density at radius 2 is 1.97 bits per heavy atom.